The van der Waals surface area contributed by atoms with E-state index in [0.717, 1.165) is 0 Å². The molecule has 1 aliphatic rings. The van der Waals surface area contributed by atoms with Crippen LogP contribution >= 0.6 is 11.6 Å². The zero-order valence-corrected chi connectivity index (χ0v) is 17.5. The predicted molar refractivity (Wildman–Crippen MR) is 112 cm³/mol. The zero-order chi connectivity index (χ0) is 21.3. The standard InChI is InChI=1S/C20H18ClN3O5S/c1-2-30(26,27)23-14-6-3-5-13(11-14)15-12-16(17-8-9-19(21)29-17)24(22-15)20(25)18-7-4-10-28-18/h3-11,16,23H,2,12H2,1H3. The summed E-state index contributed by atoms with van der Waals surface area (Å²) < 4.78 is 37.0. The Labute approximate surface area is 178 Å². The van der Waals surface area contributed by atoms with E-state index in [0.29, 0.717) is 29.1 Å². The summed E-state index contributed by atoms with van der Waals surface area (Å²) in [5.41, 5.74) is 1.71. The average molecular weight is 448 g/mol. The summed E-state index contributed by atoms with van der Waals surface area (Å²) in [6.07, 6.45) is 1.77. The SMILES string of the molecule is CCS(=O)(=O)Nc1cccc(C2=NN(C(=O)c3ccco3)C(c3ccc(Cl)o3)C2)c1. The van der Waals surface area contributed by atoms with Crippen molar-refractivity contribution in [3.8, 4) is 0 Å². The smallest absolute Gasteiger partial charge is 0.310 e. The van der Waals surface area contributed by atoms with E-state index in [1.165, 1.54) is 11.3 Å². The molecule has 10 heteroatoms. The second-order valence-corrected chi connectivity index (χ2v) is 9.01. The van der Waals surface area contributed by atoms with Crippen LogP contribution in [0.5, 0.6) is 0 Å². The predicted octanol–water partition coefficient (Wildman–Crippen LogP) is 4.28. The molecule has 1 unspecified atom stereocenters. The number of anilines is 1. The maximum atomic E-state index is 12.9. The Morgan fingerprint density at radius 1 is 1.27 bits per heavy atom. The molecule has 1 atom stereocenters. The van der Waals surface area contributed by atoms with Gasteiger partial charge in [0.2, 0.25) is 10.0 Å². The highest BCUT2D eigenvalue weighted by molar-refractivity contribution is 7.92. The van der Waals surface area contributed by atoms with Crippen molar-refractivity contribution in [1.29, 1.82) is 0 Å². The van der Waals surface area contributed by atoms with Gasteiger partial charge in [-0.1, -0.05) is 12.1 Å². The minimum atomic E-state index is -3.41. The van der Waals surface area contributed by atoms with Gasteiger partial charge in [-0.2, -0.15) is 5.10 Å². The molecular weight excluding hydrogens is 430 g/mol. The third kappa shape index (κ3) is 4.12. The van der Waals surface area contributed by atoms with Gasteiger partial charge in [-0.15, -0.1) is 0 Å². The van der Waals surface area contributed by atoms with Gasteiger partial charge in [-0.25, -0.2) is 13.4 Å². The summed E-state index contributed by atoms with van der Waals surface area (Å²) in [5, 5.41) is 6.01. The number of rotatable bonds is 6. The molecule has 0 aliphatic carbocycles. The highest BCUT2D eigenvalue weighted by Gasteiger charge is 2.36. The van der Waals surface area contributed by atoms with Gasteiger partial charge >= 0.3 is 5.91 Å². The number of hydrazone groups is 1. The van der Waals surface area contributed by atoms with Crippen LogP contribution in [0.1, 0.15) is 41.3 Å². The van der Waals surface area contributed by atoms with Gasteiger partial charge in [-0.05, 0) is 60.5 Å². The number of nitrogens with one attached hydrogen (secondary N) is 1. The van der Waals surface area contributed by atoms with Gasteiger partial charge in [0, 0.05) is 12.1 Å². The third-order valence-corrected chi connectivity index (χ3v) is 6.13. The number of benzene rings is 1. The van der Waals surface area contributed by atoms with E-state index in [1.807, 2.05) is 0 Å². The molecule has 0 radical (unpaired) electrons. The summed E-state index contributed by atoms with van der Waals surface area (Å²) in [5.74, 6) is 0.175. The average Bonchev–Trinajstić information content (AvgIpc) is 3.47. The monoisotopic (exact) mass is 447 g/mol. The first-order valence-electron chi connectivity index (χ1n) is 9.17. The molecule has 30 heavy (non-hydrogen) atoms. The summed E-state index contributed by atoms with van der Waals surface area (Å²) >= 11 is 5.92. The van der Waals surface area contributed by atoms with Crippen molar-refractivity contribution in [2.45, 2.75) is 19.4 Å². The van der Waals surface area contributed by atoms with E-state index in [-0.39, 0.29) is 16.7 Å². The molecule has 156 valence electrons. The van der Waals surface area contributed by atoms with E-state index in [9.17, 15) is 13.2 Å². The molecule has 4 rings (SSSR count). The second kappa shape index (κ2) is 8.00. The van der Waals surface area contributed by atoms with Crippen LogP contribution in [-0.4, -0.2) is 30.8 Å². The number of sulfonamides is 1. The highest BCUT2D eigenvalue weighted by Crippen LogP contribution is 2.36. The Hall–Kier alpha value is -3.04. The van der Waals surface area contributed by atoms with Crippen LogP contribution in [0.25, 0.3) is 0 Å². The number of halogens is 1. The Morgan fingerprint density at radius 3 is 2.77 bits per heavy atom. The zero-order valence-electron chi connectivity index (χ0n) is 15.9. The lowest BCUT2D eigenvalue weighted by Gasteiger charge is -2.18. The molecule has 0 fully saturated rings. The molecule has 1 amide bonds. The Morgan fingerprint density at radius 2 is 2.10 bits per heavy atom. The lowest BCUT2D eigenvalue weighted by Crippen LogP contribution is -2.26. The van der Waals surface area contributed by atoms with E-state index < -0.39 is 22.0 Å². The van der Waals surface area contributed by atoms with Gasteiger partial charge in [0.15, 0.2) is 11.0 Å². The molecule has 2 aromatic heterocycles. The molecule has 0 bridgehead atoms. The molecule has 1 aromatic carbocycles. The number of nitrogens with zero attached hydrogens (tertiary/aromatic N) is 2. The fourth-order valence-corrected chi connectivity index (χ4v) is 3.91. The minimum Gasteiger partial charge on any atom is -0.459 e. The molecule has 1 N–H and O–H groups in total. The van der Waals surface area contributed by atoms with Crippen LogP contribution < -0.4 is 4.72 Å². The molecule has 0 saturated heterocycles. The summed E-state index contributed by atoms with van der Waals surface area (Å²) in [6, 6.07) is 12.8. The fourth-order valence-electron chi connectivity index (χ4n) is 3.13. The number of carbonyl (C=O) groups is 1. The van der Waals surface area contributed by atoms with E-state index in [2.05, 4.69) is 9.82 Å². The fraction of sp³-hybridized carbons (Fsp3) is 0.200. The summed E-state index contributed by atoms with van der Waals surface area (Å²) in [6.45, 7) is 1.56. The van der Waals surface area contributed by atoms with Crippen molar-refractivity contribution in [1.82, 2.24) is 5.01 Å². The number of furan rings is 2. The Kier molecular flexibility index (Phi) is 5.40. The minimum absolute atomic E-state index is 0.0368. The van der Waals surface area contributed by atoms with Gasteiger partial charge in [-0.3, -0.25) is 9.52 Å². The molecule has 0 saturated carbocycles. The van der Waals surface area contributed by atoms with Crippen molar-refractivity contribution in [2.75, 3.05) is 10.5 Å². The summed E-state index contributed by atoms with van der Waals surface area (Å²) in [7, 11) is -3.41. The number of carbonyl (C=O) groups excluding carboxylic acids is 1. The van der Waals surface area contributed by atoms with Crippen LogP contribution in [0, 0.1) is 0 Å². The Balaban J connectivity index is 1.68. The van der Waals surface area contributed by atoms with Gasteiger partial charge in [0.25, 0.3) is 0 Å². The summed E-state index contributed by atoms with van der Waals surface area (Å²) in [4.78, 5) is 12.9. The van der Waals surface area contributed by atoms with Crippen molar-refractivity contribution < 1.29 is 22.0 Å². The largest absolute Gasteiger partial charge is 0.459 e. The lowest BCUT2D eigenvalue weighted by atomic mass is 10.0. The van der Waals surface area contributed by atoms with Crippen molar-refractivity contribution in [2.24, 2.45) is 5.10 Å². The van der Waals surface area contributed by atoms with Crippen LogP contribution in [0.15, 0.2) is 68.7 Å². The van der Waals surface area contributed by atoms with Crippen LogP contribution in [-0.2, 0) is 10.0 Å². The van der Waals surface area contributed by atoms with Crippen molar-refractivity contribution in [3.63, 3.8) is 0 Å². The molecule has 0 spiro atoms. The van der Waals surface area contributed by atoms with E-state index in [4.69, 9.17) is 20.4 Å². The van der Waals surface area contributed by atoms with Crippen LogP contribution in [0.3, 0.4) is 0 Å². The first-order chi connectivity index (χ1) is 14.4. The van der Waals surface area contributed by atoms with E-state index in [1.54, 1.807) is 55.5 Å². The number of amides is 1. The first-order valence-corrected chi connectivity index (χ1v) is 11.2. The first kappa shape index (κ1) is 20.2. The maximum Gasteiger partial charge on any atom is 0.310 e. The quantitative estimate of drug-likeness (QED) is 0.607. The normalized spacial score (nSPS) is 16.5. The number of hydrogen-bond acceptors (Lipinski definition) is 6. The van der Waals surface area contributed by atoms with Crippen molar-refractivity contribution >= 4 is 38.9 Å². The molecular formula is C20H18ClN3O5S. The second-order valence-electron chi connectivity index (χ2n) is 6.62. The maximum absolute atomic E-state index is 12.9. The van der Waals surface area contributed by atoms with Crippen LogP contribution in [0.4, 0.5) is 5.69 Å². The molecule has 1 aliphatic heterocycles. The van der Waals surface area contributed by atoms with E-state index >= 15 is 0 Å². The molecule has 8 nitrogen and oxygen atoms in total. The third-order valence-electron chi connectivity index (χ3n) is 4.62. The number of hydrogen-bond donors (Lipinski definition) is 1. The topological polar surface area (TPSA) is 105 Å². The lowest BCUT2D eigenvalue weighted by molar-refractivity contribution is 0.0660. The van der Waals surface area contributed by atoms with Crippen LogP contribution in [0.2, 0.25) is 5.22 Å². The molecule has 3 heterocycles. The highest BCUT2D eigenvalue weighted by atomic mass is 35.5. The van der Waals surface area contributed by atoms with Gasteiger partial charge in [0.05, 0.1) is 17.7 Å². The van der Waals surface area contributed by atoms with Crippen molar-refractivity contribution in [3.05, 3.63) is 77.1 Å². The van der Waals surface area contributed by atoms with Gasteiger partial charge < -0.3 is 8.83 Å². The van der Waals surface area contributed by atoms with Gasteiger partial charge in [0.1, 0.15) is 11.8 Å². The Bertz CT molecular complexity index is 1200. The molecule has 3 aromatic rings.